The average Bonchev–Trinajstić information content (AvgIpc) is 2.62. The van der Waals surface area contributed by atoms with E-state index in [0.29, 0.717) is 22.3 Å². The monoisotopic (exact) mass is 379 g/mol. The van der Waals surface area contributed by atoms with E-state index < -0.39 is 0 Å². The Hall–Kier alpha value is -1.59. The molecule has 0 aromatic heterocycles. The number of anilines is 1. The van der Waals surface area contributed by atoms with Crippen LogP contribution in [0.15, 0.2) is 48.5 Å². The molecule has 132 valence electrons. The quantitative estimate of drug-likeness (QED) is 0.709. The summed E-state index contributed by atoms with van der Waals surface area (Å²) < 4.78 is 0. The molecule has 3 N–H and O–H groups in total. The fourth-order valence-electron chi connectivity index (χ4n) is 3.22. The number of piperazine rings is 1. The number of hydrogen-bond acceptors (Lipinski definition) is 1. The Kier molecular flexibility index (Phi) is 6.32. The predicted octanol–water partition coefficient (Wildman–Crippen LogP) is 0.916. The summed E-state index contributed by atoms with van der Waals surface area (Å²) in [6, 6.07) is 15.8. The molecule has 2 aromatic carbocycles. The van der Waals surface area contributed by atoms with E-state index in [1.807, 2.05) is 6.07 Å². The van der Waals surface area contributed by atoms with E-state index in [1.54, 1.807) is 23.1 Å². The van der Waals surface area contributed by atoms with E-state index in [0.717, 1.165) is 32.7 Å². The van der Waals surface area contributed by atoms with Crippen LogP contribution in [0.25, 0.3) is 0 Å². The van der Waals surface area contributed by atoms with Gasteiger partial charge in [-0.1, -0.05) is 59.6 Å². The first-order valence-electron chi connectivity index (χ1n) is 8.57. The summed E-state index contributed by atoms with van der Waals surface area (Å²) in [4.78, 5) is 15.2. The van der Waals surface area contributed by atoms with Gasteiger partial charge in [0.15, 0.2) is 6.54 Å². The third-order valence-corrected chi connectivity index (χ3v) is 5.42. The first kappa shape index (κ1) is 18.2. The fraction of sp³-hybridized carbons (Fsp3) is 0.316. The van der Waals surface area contributed by atoms with Crippen molar-refractivity contribution in [3.63, 3.8) is 0 Å². The molecule has 1 saturated heterocycles. The zero-order valence-corrected chi connectivity index (χ0v) is 15.5. The van der Waals surface area contributed by atoms with Crippen molar-refractivity contribution in [1.29, 1.82) is 0 Å². The van der Waals surface area contributed by atoms with E-state index in [2.05, 4.69) is 29.6 Å². The number of amides is 1. The van der Waals surface area contributed by atoms with Crippen LogP contribution in [0.1, 0.15) is 5.56 Å². The third-order valence-electron chi connectivity index (χ3n) is 4.60. The summed E-state index contributed by atoms with van der Waals surface area (Å²) >= 11 is 12.1. The zero-order valence-electron chi connectivity index (χ0n) is 14.0. The van der Waals surface area contributed by atoms with Gasteiger partial charge in [0.2, 0.25) is 0 Å². The van der Waals surface area contributed by atoms with E-state index in [9.17, 15) is 4.79 Å². The molecule has 0 unspecified atom stereocenters. The van der Waals surface area contributed by atoms with Crippen LogP contribution in [0.3, 0.4) is 0 Å². The van der Waals surface area contributed by atoms with Crippen molar-refractivity contribution < 1.29 is 14.6 Å². The molecule has 1 aliphatic rings. The maximum atomic E-state index is 12.3. The molecule has 1 aliphatic heterocycles. The molecule has 1 amide bonds. The van der Waals surface area contributed by atoms with Gasteiger partial charge in [-0.05, 0) is 12.1 Å². The van der Waals surface area contributed by atoms with E-state index >= 15 is 0 Å². The van der Waals surface area contributed by atoms with Crippen LogP contribution in [-0.4, -0.2) is 38.6 Å². The van der Waals surface area contributed by atoms with Crippen LogP contribution in [0.5, 0.6) is 0 Å². The summed E-state index contributed by atoms with van der Waals surface area (Å²) in [6.07, 6.45) is 0. The minimum atomic E-state index is -0.0225. The van der Waals surface area contributed by atoms with Crippen LogP contribution in [0.4, 0.5) is 5.69 Å². The van der Waals surface area contributed by atoms with E-state index in [4.69, 9.17) is 23.2 Å². The average molecular weight is 380 g/mol. The van der Waals surface area contributed by atoms with Crippen LogP contribution in [-0.2, 0) is 11.3 Å². The lowest BCUT2D eigenvalue weighted by Gasteiger charge is -2.29. The minimum Gasteiger partial charge on any atom is -0.322 e. The molecule has 2 aromatic rings. The van der Waals surface area contributed by atoms with Gasteiger partial charge in [0.1, 0.15) is 32.7 Å². The maximum Gasteiger partial charge on any atom is 0.279 e. The lowest BCUT2D eigenvalue weighted by molar-refractivity contribution is -1.02. The molecule has 4 nitrogen and oxygen atoms in total. The topological polar surface area (TPSA) is 38.0 Å². The number of halogens is 2. The van der Waals surface area contributed by atoms with Crippen LogP contribution in [0, 0.1) is 0 Å². The van der Waals surface area contributed by atoms with Gasteiger partial charge in [-0.3, -0.25) is 4.79 Å². The summed E-state index contributed by atoms with van der Waals surface area (Å²) in [5.41, 5.74) is 1.95. The van der Waals surface area contributed by atoms with Gasteiger partial charge in [-0.2, -0.15) is 0 Å². The molecule has 0 atom stereocenters. The minimum absolute atomic E-state index is 0.0225. The largest absolute Gasteiger partial charge is 0.322 e. The second-order valence-electron chi connectivity index (χ2n) is 6.49. The van der Waals surface area contributed by atoms with Crippen molar-refractivity contribution >= 4 is 34.8 Å². The third kappa shape index (κ3) is 5.19. The first-order valence-corrected chi connectivity index (χ1v) is 9.32. The number of quaternary nitrogens is 2. The smallest absolute Gasteiger partial charge is 0.279 e. The Labute approximate surface area is 158 Å². The molecular formula is C19H23Cl2N3O+2. The fourth-order valence-corrected chi connectivity index (χ4v) is 3.56. The van der Waals surface area contributed by atoms with Crippen molar-refractivity contribution in [2.45, 2.75) is 6.54 Å². The molecule has 0 spiro atoms. The Morgan fingerprint density at radius 2 is 1.60 bits per heavy atom. The van der Waals surface area contributed by atoms with Gasteiger partial charge in [0.25, 0.3) is 5.91 Å². The summed E-state index contributed by atoms with van der Waals surface area (Å²) in [7, 11) is 0. The molecule has 1 heterocycles. The number of nitrogens with one attached hydrogen (secondary N) is 3. The summed E-state index contributed by atoms with van der Waals surface area (Å²) in [6.45, 7) is 5.67. The van der Waals surface area contributed by atoms with Crippen LogP contribution in [0.2, 0.25) is 10.0 Å². The van der Waals surface area contributed by atoms with Crippen molar-refractivity contribution in [3.8, 4) is 0 Å². The Morgan fingerprint density at radius 3 is 2.32 bits per heavy atom. The van der Waals surface area contributed by atoms with Crippen LogP contribution < -0.4 is 15.1 Å². The SMILES string of the molecule is O=C(C[NH+]1CC[NH+](Cc2ccccc2)CC1)Nc1cccc(Cl)c1Cl. The molecule has 3 rings (SSSR count). The standard InChI is InChI=1S/C19H21Cl2N3O/c20-16-7-4-8-17(19(16)21)22-18(25)14-24-11-9-23(10-12-24)13-15-5-2-1-3-6-15/h1-8H,9-14H2,(H,22,25)/p+2. The van der Waals surface area contributed by atoms with Gasteiger partial charge in [-0.25, -0.2) is 0 Å². The van der Waals surface area contributed by atoms with Gasteiger partial charge in [-0.15, -0.1) is 0 Å². The zero-order chi connectivity index (χ0) is 17.6. The summed E-state index contributed by atoms with van der Waals surface area (Å²) in [5.74, 6) is -0.0225. The number of carbonyl (C=O) groups excluding carboxylic acids is 1. The normalized spacial score (nSPS) is 20.2. The molecular weight excluding hydrogens is 357 g/mol. The van der Waals surface area contributed by atoms with Gasteiger partial charge >= 0.3 is 0 Å². The van der Waals surface area contributed by atoms with E-state index in [1.165, 1.54) is 10.5 Å². The highest BCUT2D eigenvalue weighted by atomic mass is 35.5. The molecule has 0 radical (unpaired) electrons. The second kappa shape index (κ2) is 8.68. The van der Waals surface area contributed by atoms with Crippen molar-refractivity contribution in [1.82, 2.24) is 0 Å². The van der Waals surface area contributed by atoms with E-state index in [-0.39, 0.29) is 5.91 Å². The molecule has 0 bridgehead atoms. The Balaban J connectivity index is 1.45. The van der Waals surface area contributed by atoms with Crippen molar-refractivity contribution in [3.05, 3.63) is 64.1 Å². The van der Waals surface area contributed by atoms with Gasteiger partial charge in [0, 0.05) is 5.56 Å². The van der Waals surface area contributed by atoms with Gasteiger partial charge in [0.05, 0.1) is 15.7 Å². The second-order valence-corrected chi connectivity index (χ2v) is 7.27. The lowest BCUT2D eigenvalue weighted by atomic mass is 10.2. The van der Waals surface area contributed by atoms with Gasteiger partial charge < -0.3 is 15.1 Å². The number of benzene rings is 2. The molecule has 6 heteroatoms. The maximum absolute atomic E-state index is 12.3. The van der Waals surface area contributed by atoms with Crippen molar-refractivity contribution in [2.75, 3.05) is 38.0 Å². The highest BCUT2D eigenvalue weighted by Gasteiger charge is 2.25. The molecule has 1 fully saturated rings. The number of hydrogen-bond donors (Lipinski definition) is 3. The van der Waals surface area contributed by atoms with Crippen molar-refractivity contribution in [2.24, 2.45) is 0 Å². The van der Waals surface area contributed by atoms with Crippen LogP contribution >= 0.6 is 23.2 Å². The first-order chi connectivity index (χ1) is 12.1. The highest BCUT2D eigenvalue weighted by Crippen LogP contribution is 2.29. The number of rotatable bonds is 5. The predicted molar refractivity (Wildman–Crippen MR) is 101 cm³/mol. The molecule has 0 aliphatic carbocycles. The molecule has 25 heavy (non-hydrogen) atoms. The highest BCUT2D eigenvalue weighted by molar-refractivity contribution is 6.43. The Bertz CT molecular complexity index is 716. The summed E-state index contributed by atoms with van der Waals surface area (Å²) in [5, 5.41) is 3.71. The Morgan fingerprint density at radius 1 is 0.920 bits per heavy atom. The lowest BCUT2D eigenvalue weighted by Crippen LogP contribution is -3.28. The molecule has 0 saturated carbocycles. The number of carbonyl (C=O) groups is 1.